The van der Waals surface area contributed by atoms with E-state index in [4.69, 9.17) is 15.2 Å². The standard InChI is InChI=1S/C27H31N3O5S.C16H22N2O5S.C10H10N2O/c1-19-15-27(32)28-24-7-5-20(16-22(19)24)17-26(31)23-18-21(36(33,34)30-9-3-2-4-10-30)6-8-25(23)29-11-13-35-14-12-29;19-16(20)14-12-13(24(21,22)18-6-2-1-3-7-18)4-5-15(14)17-8-10-23-11-9-17;1-6-4-10(13)12-9-3-2-7(11)5-8(6)9/h5-8,15-16,18H,2-4,9-14,17H2,1H3,(H,28,32);4-5,12H,1-3,6-11H2,(H,19,20);2-5H,11H2,1H3,(H,12,13). The molecule has 0 unspecified atom stereocenters. The van der Waals surface area contributed by atoms with Crippen LogP contribution in [0, 0.1) is 13.8 Å². The molecule has 6 heterocycles. The molecule has 0 aliphatic carbocycles. The number of nitrogens with zero attached hydrogens (tertiary/aromatic N) is 4. The summed E-state index contributed by atoms with van der Waals surface area (Å²) in [6.45, 7) is 10.4. The van der Waals surface area contributed by atoms with Crippen LogP contribution in [0.2, 0.25) is 0 Å². The Balaban J connectivity index is 0.000000164. The smallest absolute Gasteiger partial charge is 0.337 e. The molecule has 0 atom stereocenters. The highest BCUT2D eigenvalue weighted by atomic mass is 32.2. The number of nitrogen functional groups attached to an aromatic ring is 1. The fourth-order valence-corrected chi connectivity index (χ4v) is 12.8. The molecule has 6 aromatic rings. The van der Waals surface area contributed by atoms with Gasteiger partial charge in [0.2, 0.25) is 31.2 Å². The van der Waals surface area contributed by atoms with Crippen LogP contribution >= 0.6 is 0 Å². The number of morpholine rings is 2. The molecule has 73 heavy (non-hydrogen) atoms. The van der Waals surface area contributed by atoms with Gasteiger partial charge in [-0.15, -0.1) is 0 Å². The van der Waals surface area contributed by atoms with Crippen molar-refractivity contribution in [2.45, 2.75) is 68.6 Å². The van der Waals surface area contributed by atoms with Crippen LogP contribution in [0.25, 0.3) is 21.8 Å². The lowest BCUT2D eigenvalue weighted by atomic mass is 9.98. The third kappa shape index (κ3) is 12.5. The monoisotopic (exact) mass is 1040 g/mol. The van der Waals surface area contributed by atoms with E-state index in [1.165, 1.54) is 20.7 Å². The number of carboxylic acids is 1. The van der Waals surface area contributed by atoms with Gasteiger partial charge >= 0.3 is 5.97 Å². The molecule has 0 spiro atoms. The minimum atomic E-state index is -3.67. The number of hydrogen-bond acceptors (Lipinski definition) is 13. The molecule has 388 valence electrons. The number of hydrogen-bond donors (Lipinski definition) is 4. The maximum absolute atomic E-state index is 13.7. The molecule has 4 aliphatic rings. The number of fused-ring (bicyclic) bond motifs is 2. The Kier molecular flexibility index (Phi) is 16.8. The number of sulfonamides is 2. The number of rotatable bonds is 10. The van der Waals surface area contributed by atoms with Crippen LogP contribution in [0.5, 0.6) is 0 Å². The van der Waals surface area contributed by atoms with Crippen LogP contribution in [0.3, 0.4) is 0 Å². The topological polar surface area (TPSA) is 246 Å². The van der Waals surface area contributed by atoms with Gasteiger partial charge < -0.3 is 40.1 Å². The van der Waals surface area contributed by atoms with Crippen LogP contribution in [-0.4, -0.2) is 131 Å². The van der Waals surface area contributed by atoms with E-state index in [1.807, 2.05) is 49.1 Å². The van der Waals surface area contributed by atoms with Crippen LogP contribution in [0.4, 0.5) is 17.1 Å². The Bertz CT molecular complexity index is 3340. The van der Waals surface area contributed by atoms with E-state index in [0.29, 0.717) is 95.7 Å². The second kappa shape index (κ2) is 23.2. The summed E-state index contributed by atoms with van der Waals surface area (Å²) in [7, 11) is -7.31. The molecular formula is C53H63N7O11S2. The Morgan fingerprint density at radius 1 is 0.562 bits per heavy atom. The number of piperidine rings is 2. The maximum atomic E-state index is 13.7. The molecule has 18 nitrogen and oxygen atoms in total. The summed E-state index contributed by atoms with van der Waals surface area (Å²) in [5.74, 6) is -1.26. The van der Waals surface area contributed by atoms with E-state index in [9.17, 15) is 41.1 Å². The molecule has 0 bridgehead atoms. The Labute approximate surface area is 424 Å². The van der Waals surface area contributed by atoms with Gasteiger partial charge in [-0.2, -0.15) is 8.61 Å². The summed E-state index contributed by atoms with van der Waals surface area (Å²) in [6.07, 6.45) is 5.58. The van der Waals surface area contributed by atoms with E-state index in [-0.39, 0.29) is 38.7 Å². The number of ketones is 1. The van der Waals surface area contributed by atoms with Gasteiger partial charge in [-0.05, 0) is 123 Å². The van der Waals surface area contributed by atoms with Gasteiger partial charge in [0, 0.05) is 110 Å². The lowest BCUT2D eigenvalue weighted by Crippen LogP contribution is -2.38. The fourth-order valence-electron chi connectivity index (χ4n) is 9.72. The van der Waals surface area contributed by atoms with Crippen molar-refractivity contribution in [1.29, 1.82) is 0 Å². The third-order valence-electron chi connectivity index (χ3n) is 13.6. The van der Waals surface area contributed by atoms with Crippen molar-refractivity contribution >= 4 is 70.7 Å². The van der Waals surface area contributed by atoms with Gasteiger partial charge in [0.15, 0.2) is 5.78 Å². The van der Waals surface area contributed by atoms with Crippen LogP contribution in [0.15, 0.2) is 104 Å². The van der Waals surface area contributed by atoms with Gasteiger partial charge in [0.25, 0.3) is 0 Å². The largest absolute Gasteiger partial charge is 0.478 e. The Morgan fingerprint density at radius 2 is 1.00 bits per heavy atom. The van der Waals surface area contributed by atoms with Crippen molar-refractivity contribution in [3.05, 3.63) is 133 Å². The number of aryl methyl sites for hydroxylation is 2. The third-order valence-corrected chi connectivity index (χ3v) is 17.4. The van der Waals surface area contributed by atoms with Gasteiger partial charge in [0.05, 0.1) is 47.5 Å². The Morgan fingerprint density at radius 3 is 1.48 bits per heavy atom. The predicted octanol–water partition coefficient (Wildman–Crippen LogP) is 6.09. The lowest BCUT2D eigenvalue weighted by molar-refractivity contribution is 0.0695. The highest BCUT2D eigenvalue weighted by Gasteiger charge is 2.30. The van der Waals surface area contributed by atoms with E-state index in [0.717, 1.165) is 82.7 Å². The number of anilines is 3. The summed E-state index contributed by atoms with van der Waals surface area (Å²) in [4.78, 5) is 58.0. The zero-order valence-electron chi connectivity index (χ0n) is 41.2. The second-order valence-electron chi connectivity index (χ2n) is 18.7. The SMILES string of the molecule is Cc1cc(=O)[nH]c2ccc(CC(=O)c3cc(S(=O)(=O)N4CCCCC4)ccc3N3CCOCC3)cc12.Cc1cc(=O)[nH]c2ccc(N)cc12.O=C(O)c1cc(S(=O)(=O)N2CCCCC2)ccc1N1CCOCC1. The van der Waals surface area contributed by atoms with Crippen molar-refractivity contribution in [3.8, 4) is 0 Å². The average Bonchev–Trinajstić information content (AvgIpc) is 3.40. The first-order valence-electron chi connectivity index (χ1n) is 24.7. The number of nitrogens with two attached hydrogens (primary N) is 1. The molecule has 2 aromatic heterocycles. The summed E-state index contributed by atoms with van der Waals surface area (Å²) < 4.78 is 66.0. The molecule has 20 heteroatoms. The fraction of sp³-hybridized carbons (Fsp3) is 0.396. The van der Waals surface area contributed by atoms with Gasteiger partial charge in [-0.1, -0.05) is 18.9 Å². The number of Topliss-reactive ketones (excluding diaryl/α,β-unsaturated/α-hetero) is 1. The highest BCUT2D eigenvalue weighted by molar-refractivity contribution is 7.89. The number of aromatic amines is 2. The number of benzene rings is 4. The molecule has 4 fully saturated rings. The van der Waals surface area contributed by atoms with Crippen molar-refractivity contribution in [3.63, 3.8) is 0 Å². The zero-order chi connectivity index (χ0) is 51.9. The number of carboxylic acid groups (broad SMARTS) is 1. The van der Waals surface area contributed by atoms with E-state index in [1.54, 1.807) is 42.5 Å². The lowest BCUT2D eigenvalue weighted by Gasteiger charge is -2.31. The van der Waals surface area contributed by atoms with E-state index in [2.05, 4.69) is 14.9 Å². The molecule has 0 amide bonds. The second-order valence-corrected chi connectivity index (χ2v) is 22.6. The number of H-pyrrole nitrogens is 2. The summed E-state index contributed by atoms with van der Waals surface area (Å²) >= 11 is 0. The number of carbonyl (C=O) groups excluding carboxylic acids is 1. The number of ether oxygens (including phenoxy) is 2. The molecule has 4 saturated heterocycles. The van der Waals surface area contributed by atoms with Crippen LogP contribution < -0.4 is 26.7 Å². The highest BCUT2D eigenvalue weighted by Crippen LogP contribution is 2.31. The summed E-state index contributed by atoms with van der Waals surface area (Å²) in [5.41, 5.74) is 12.0. The molecular weight excluding hydrogens is 975 g/mol. The minimum Gasteiger partial charge on any atom is -0.478 e. The van der Waals surface area contributed by atoms with Crippen molar-refractivity contribution < 1.29 is 41.0 Å². The van der Waals surface area contributed by atoms with Crippen molar-refractivity contribution in [2.24, 2.45) is 0 Å². The van der Waals surface area contributed by atoms with Gasteiger partial charge in [-0.3, -0.25) is 14.4 Å². The molecule has 4 aromatic carbocycles. The number of pyridine rings is 2. The number of aromatic carboxylic acids is 1. The minimum absolute atomic E-state index is 0.0231. The normalized spacial score (nSPS) is 17.1. The first-order valence-corrected chi connectivity index (χ1v) is 27.6. The van der Waals surface area contributed by atoms with Crippen molar-refractivity contribution in [1.82, 2.24) is 18.6 Å². The number of nitrogens with one attached hydrogen (secondary N) is 2. The molecule has 4 aliphatic heterocycles. The molecule has 10 rings (SSSR count). The summed E-state index contributed by atoms with van der Waals surface area (Å²) in [6, 6.07) is 23.5. The van der Waals surface area contributed by atoms with E-state index >= 15 is 0 Å². The van der Waals surface area contributed by atoms with Crippen LogP contribution in [0.1, 0.15) is 75.9 Å². The zero-order valence-corrected chi connectivity index (χ0v) is 42.9. The van der Waals surface area contributed by atoms with Crippen LogP contribution in [-0.2, 0) is 35.9 Å². The van der Waals surface area contributed by atoms with E-state index < -0.39 is 26.0 Å². The molecule has 0 saturated carbocycles. The van der Waals surface area contributed by atoms with Gasteiger partial charge in [0.1, 0.15) is 0 Å². The quantitative estimate of drug-likeness (QED) is 0.0897. The molecule has 0 radical (unpaired) electrons. The number of aromatic nitrogens is 2. The first-order chi connectivity index (χ1) is 35.0. The van der Waals surface area contributed by atoms with Gasteiger partial charge in [-0.25, -0.2) is 21.6 Å². The Hall–Kier alpha value is -6.42. The average molecular weight is 1040 g/mol. The number of carbonyl (C=O) groups is 2. The predicted molar refractivity (Wildman–Crippen MR) is 282 cm³/mol. The summed E-state index contributed by atoms with van der Waals surface area (Å²) in [5, 5.41) is 11.4. The molecule has 5 N–H and O–H groups in total. The van der Waals surface area contributed by atoms with Crippen molar-refractivity contribution in [2.75, 3.05) is 94.3 Å². The first kappa shape index (κ1) is 52.9. The maximum Gasteiger partial charge on any atom is 0.337 e.